The van der Waals surface area contributed by atoms with Gasteiger partial charge in [0.15, 0.2) is 4.34 Å². The molecule has 0 bridgehead atoms. The van der Waals surface area contributed by atoms with Crippen LogP contribution in [-0.2, 0) is 4.79 Å². The molecule has 2 N–H and O–H groups in total. The van der Waals surface area contributed by atoms with E-state index in [0.29, 0.717) is 26.4 Å². The minimum atomic E-state index is -4.37. The summed E-state index contributed by atoms with van der Waals surface area (Å²) in [7, 11) is 1.49. The Morgan fingerprint density at radius 3 is 2.61 bits per heavy atom. The number of alkyl halides is 3. The van der Waals surface area contributed by atoms with Crippen LogP contribution in [0.2, 0.25) is 5.02 Å². The summed E-state index contributed by atoms with van der Waals surface area (Å²) in [6.45, 7) is -1.22. The number of halogens is 4. The summed E-state index contributed by atoms with van der Waals surface area (Å²) in [4.78, 5) is 13.0. The molecule has 0 saturated carbocycles. The van der Waals surface area contributed by atoms with E-state index in [-0.39, 0.29) is 11.0 Å². The average Bonchev–Trinajstić information content (AvgIpc) is 3.18. The van der Waals surface area contributed by atoms with Gasteiger partial charge in [0.25, 0.3) is 0 Å². The number of benzene rings is 2. The fraction of sp³-hybridized carbons (Fsp3) is 0.211. The average molecular weight is 489 g/mol. The van der Waals surface area contributed by atoms with Crippen LogP contribution in [0.5, 0.6) is 5.75 Å². The lowest BCUT2D eigenvalue weighted by molar-refractivity contribution is -0.116. The lowest BCUT2D eigenvalue weighted by Crippen LogP contribution is -2.21. The number of amides is 1. The monoisotopic (exact) mass is 488 g/mol. The van der Waals surface area contributed by atoms with Gasteiger partial charge in [-0.1, -0.05) is 65.0 Å². The second kappa shape index (κ2) is 10.2. The van der Waals surface area contributed by atoms with E-state index in [1.165, 1.54) is 7.11 Å². The van der Waals surface area contributed by atoms with Crippen molar-refractivity contribution in [3.63, 3.8) is 0 Å². The number of nitrogens with one attached hydrogen (secondary N) is 2. The molecule has 2 aromatic carbocycles. The van der Waals surface area contributed by atoms with Crippen LogP contribution in [0.1, 0.15) is 10.8 Å². The second-order valence-corrected chi connectivity index (χ2v) is 8.83. The Bertz CT molecular complexity index is 1030. The van der Waals surface area contributed by atoms with Gasteiger partial charge in [-0.25, -0.2) is 0 Å². The van der Waals surface area contributed by atoms with Crippen LogP contribution in [0.25, 0.3) is 0 Å². The van der Waals surface area contributed by atoms with E-state index in [1.807, 2.05) is 6.07 Å². The number of aromatic nitrogens is 2. The first-order valence-corrected chi connectivity index (χ1v) is 10.8. The summed E-state index contributed by atoms with van der Waals surface area (Å²) in [5.74, 6) is 0.124. The Morgan fingerprint density at radius 2 is 1.97 bits per heavy atom. The summed E-state index contributed by atoms with van der Waals surface area (Å²) in [6, 6.07) is 13.8. The number of rotatable bonds is 8. The molecule has 1 amide bonds. The Hall–Kier alpha value is -2.50. The van der Waals surface area contributed by atoms with E-state index < -0.39 is 18.0 Å². The van der Waals surface area contributed by atoms with E-state index in [2.05, 4.69) is 20.8 Å². The van der Waals surface area contributed by atoms with Crippen LogP contribution in [-0.4, -0.2) is 35.9 Å². The van der Waals surface area contributed by atoms with Crippen LogP contribution in [0, 0.1) is 0 Å². The highest BCUT2D eigenvalue weighted by Crippen LogP contribution is 2.39. The number of nitrogens with zero attached hydrogens (tertiary/aromatic N) is 2. The molecule has 0 fully saturated rings. The predicted octanol–water partition coefficient (Wildman–Crippen LogP) is 5.65. The molecular weight excluding hydrogens is 473 g/mol. The lowest BCUT2D eigenvalue weighted by atomic mass is 10.1. The van der Waals surface area contributed by atoms with Crippen LogP contribution in [0.3, 0.4) is 0 Å². The molecule has 3 aromatic rings. The Labute approximate surface area is 189 Å². The molecule has 1 unspecified atom stereocenters. The summed E-state index contributed by atoms with van der Waals surface area (Å²) >= 11 is 8.15. The van der Waals surface area contributed by atoms with Crippen molar-refractivity contribution in [2.75, 3.05) is 24.3 Å². The van der Waals surface area contributed by atoms with Gasteiger partial charge < -0.3 is 15.4 Å². The SMILES string of the molecule is COc1ccc(NC(=O)C(Sc2nnc(NCC(F)(F)F)s2)c2ccccc2)cc1Cl. The molecule has 1 aromatic heterocycles. The van der Waals surface area contributed by atoms with Crippen molar-refractivity contribution in [1.82, 2.24) is 10.2 Å². The molecule has 1 heterocycles. The van der Waals surface area contributed by atoms with Crippen molar-refractivity contribution >= 4 is 51.4 Å². The van der Waals surface area contributed by atoms with Crippen molar-refractivity contribution in [2.45, 2.75) is 15.8 Å². The first-order valence-electron chi connectivity index (χ1n) is 8.75. The second-order valence-electron chi connectivity index (χ2n) is 6.09. The molecule has 0 radical (unpaired) electrons. The van der Waals surface area contributed by atoms with Gasteiger partial charge in [0, 0.05) is 5.69 Å². The number of anilines is 2. The molecule has 1 atom stereocenters. The summed E-state index contributed by atoms with van der Waals surface area (Å²) in [6.07, 6.45) is -4.37. The number of ether oxygens (including phenoxy) is 1. The Morgan fingerprint density at radius 1 is 1.23 bits per heavy atom. The maximum absolute atomic E-state index is 13.0. The third-order valence-electron chi connectivity index (χ3n) is 3.82. The van der Waals surface area contributed by atoms with E-state index in [4.69, 9.17) is 16.3 Å². The standard InChI is InChI=1S/C19H16ClF3N4O2S2/c1-29-14-8-7-12(9-13(14)20)25-16(28)15(11-5-3-2-4-6-11)30-18-27-26-17(31-18)24-10-19(21,22)23/h2-9,15H,10H2,1H3,(H,24,26)(H,25,28). The van der Waals surface area contributed by atoms with Crippen LogP contribution in [0.15, 0.2) is 52.9 Å². The molecule has 6 nitrogen and oxygen atoms in total. The topological polar surface area (TPSA) is 76.1 Å². The zero-order chi connectivity index (χ0) is 22.4. The van der Waals surface area contributed by atoms with E-state index in [1.54, 1.807) is 42.5 Å². The molecule has 0 saturated heterocycles. The van der Waals surface area contributed by atoms with Gasteiger partial charge in [0.05, 0.1) is 12.1 Å². The van der Waals surface area contributed by atoms with E-state index in [9.17, 15) is 18.0 Å². The largest absolute Gasteiger partial charge is 0.495 e. The number of hydrogen-bond acceptors (Lipinski definition) is 7. The molecule has 12 heteroatoms. The third kappa shape index (κ3) is 6.74. The molecule has 0 spiro atoms. The normalized spacial score (nSPS) is 12.3. The summed E-state index contributed by atoms with van der Waals surface area (Å²) < 4.78 is 42.6. The molecule has 164 valence electrons. The molecule has 0 aliphatic rings. The minimum absolute atomic E-state index is 0.0222. The van der Waals surface area contributed by atoms with Crippen molar-refractivity contribution in [3.8, 4) is 5.75 Å². The number of thioether (sulfide) groups is 1. The van der Waals surface area contributed by atoms with Gasteiger partial charge in [-0.2, -0.15) is 13.2 Å². The van der Waals surface area contributed by atoms with Crippen LogP contribution >= 0.6 is 34.7 Å². The van der Waals surface area contributed by atoms with Gasteiger partial charge in [0.2, 0.25) is 11.0 Å². The maximum Gasteiger partial charge on any atom is 0.405 e. The van der Waals surface area contributed by atoms with Gasteiger partial charge >= 0.3 is 6.18 Å². The maximum atomic E-state index is 13.0. The van der Waals surface area contributed by atoms with Crippen molar-refractivity contribution in [1.29, 1.82) is 0 Å². The van der Waals surface area contributed by atoms with Gasteiger partial charge in [-0.15, -0.1) is 10.2 Å². The van der Waals surface area contributed by atoms with Gasteiger partial charge in [0.1, 0.15) is 17.5 Å². The zero-order valence-electron chi connectivity index (χ0n) is 15.9. The highest BCUT2D eigenvalue weighted by Gasteiger charge is 2.28. The summed E-state index contributed by atoms with van der Waals surface area (Å²) in [5.41, 5.74) is 1.17. The Kier molecular flexibility index (Phi) is 7.63. The first-order chi connectivity index (χ1) is 14.7. The van der Waals surface area contributed by atoms with Crippen LogP contribution < -0.4 is 15.4 Å². The quantitative estimate of drug-likeness (QED) is 0.399. The fourth-order valence-electron chi connectivity index (χ4n) is 2.46. The molecule has 3 rings (SSSR count). The smallest absolute Gasteiger partial charge is 0.405 e. The van der Waals surface area contributed by atoms with Gasteiger partial charge in [-0.3, -0.25) is 4.79 Å². The van der Waals surface area contributed by atoms with Crippen LogP contribution in [0.4, 0.5) is 24.0 Å². The fourth-order valence-corrected chi connectivity index (χ4v) is 4.66. The minimum Gasteiger partial charge on any atom is -0.495 e. The van der Waals surface area contributed by atoms with E-state index >= 15 is 0 Å². The Balaban J connectivity index is 1.77. The highest BCUT2D eigenvalue weighted by molar-refractivity contribution is 8.02. The number of carbonyl (C=O) groups is 1. The van der Waals surface area contributed by atoms with Gasteiger partial charge in [-0.05, 0) is 23.8 Å². The zero-order valence-corrected chi connectivity index (χ0v) is 18.3. The molecule has 0 aliphatic heterocycles. The first kappa shape index (κ1) is 23.2. The highest BCUT2D eigenvalue weighted by atomic mass is 35.5. The van der Waals surface area contributed by atoms with Crippen molar-refractivity contribution < 1.29 is 22.7 Å². The number of methoxy groups -OCH3 is 1. The van der Waals surface area contributed by atoms with Crippen molar-refractivity contribution in [2.24, 2.45) is 0 Å². The molecular formula is C19H16ClF3N4O2S2. The molecule has 31 heavy (non-hydrogen) atoms. The van der Waals surface area contributed by atoms with Crippen molar-refractivity contribution in [3.05, 3.63) is 59.1 Å². The number of carbonyl (C=O) groups excluding carboxylic acids is 1. The van der Waals surface area contributed by atoms with E-state index in [0.717, 1.165) is 23.1 Å². The predicted molar refractivity (Wildman–Crippen MR) is 116 cm³/mol. The summed E-state index contributed by atoms with van der Waals surface area (Å²) in [5, 5.41) is 12.2. The third-order valence-corrected chi connectivity index (χ3v) is 6.34. The lowest BCUT2D eigenvalue weighted by Gasteiger charge is -2.16. The number of hydrogen-bond donors (Lipinski definition) is 2. The molecule has 0 aliphatic carbocycles.